The number of para-hydroxylation sites is 1. The van der Waals surface area contributed by atoms with Gasteiger partial charge in [-0.05, 0) is 25.5 Å². The van der Waals surface area contributed by atoms with Crippen LogP contribution in [0.15, 0.2) is 36.5 Å². The maximum atomic E-state index is 5.63. The van der Waals surface area contributed by atoms with Crippen LogP contribution in [0.5, 0.6) is 0 Å². The van der Waals surface area contributed by atoms with Gasteiger partial charge in [-0.15, -0.1) is 0 Å². The average molecular weight is 245 g/mol. The lowest BCUT2D eigenvalue weighted by atomic mass is 10.0. The Morgan fingerprint density at radius 3 is 2.78 bits per heavy atom. The molecular formula is C14H19N3O. The summed E-state index contributed by atoms with van der Waals surface area (Å²) in [7, 11) is 0. The Labute approximate surface area is 107 Å². The summed E-state index contributed by atoms with van der Waals surface area (Å²) in [5, 5.41) is 1.11. The number of hydrazine groups is 1. The number of rotatable bonds is 5. The second-order valence-corrected chi connectivity index (χ2v) is 4.52. The number of nitrogens with zero attached hydrogens (tertiary/aromatic N) is 1. The highest BCUT2D eigenvalue weighted by Crippen LogP contribution is 2.22. The van der Waals surface area contributed by atoms with E-state index in [9.17, 15) is 0 Å². The van der Waals surface area contributed by atoms with Gasteiger partial charge in [0.05, 0.1) is 24.3 Å². The zero-order valence-electron chi connectivity index (χ0n) is 10.8. The molecule has 2 rings (SSSR count). The fourth-order valence-corrected chi connectivity index (χ4v) is 1.93. The molecule has 4 nitrogen and oxygen atoms in total. The lowest BCUT2D eigenvalue weighted by Gasteiger charge is -2.19. The summed E-state index contributed by atoms with van der Waals surface area (Å²) in [6.07, 6.45) is 1.98. The van der Waals surface area contributed by atoms with Crippen LogP contribution in [-0.4, -0.2) is 17.7 Å². The molecule has 18 heavy (non-hydrogen) atoms. The van der Waals surface area contributed by atoms with Gasteiger partial charge < -0.3 is 4.74 Å². The molecule has 0 spiro atoms. The minimum Gasteiger partial charge on any atom is -0.377 e. The lowest BCUT2D eigenvalue weighted by molar-refractivity contribution is 0.0614. The van der Waals surface area contributed by atoms with Crippen LogP contribution < -0.4 is 11.3 Å². The standard InChI is InChI=1S/C14H19N3O/c1-10(2)18-9-13(17-15)12-7-3-5-11-6-4-8-16-14(11)12/h3-8,10,13,17H,9,15H2,1-2H3. The number of fused-ring (bicyclic) bond motifs is 1. The number of ether oxygens (including phenoxy) is 1. The highest BCUT2D eigenvalue weighted by Gasteiger charge is 2.14. The molecule has 0 bridgehead atoms. The first-order valence-electron chi connectivity index (χ1n) is 6.13. The summed E-state index contributed by atoms with van der Waals surface area (Å²) in [5.41, 5.74) is 4.83. The molecule has 2 aromatic rings. The van der Waals surface area contributed by atoms with Crippen LogP contribution in [0.4, 0.5) is 0 Å². The van der Waals surface area contributed by atoms with Gasteiger partial charge >= 0.3 is 0 Å². The first kappa shape index (κ1) is 13.0. The molecule has 96 valence electrons. The molecule has 0 amide bonds. The molecular weight excluding hydrogens is 226 g/mol. The molecule has 1 aromatic carbocycles. The second-order valence-electron chi connectivity index (χ2n) is 4.52. The van der Waals surface area contributed by atoms with Crippen LogP contribution in [0.1, 0.15) is 25.5 Å². The van der Waals surface area contributed by atoms with Crippen molar-refractivity contribution in [2.45, 2.75) is 26.0 Å². The average Bonchev–Trinajstić information content (AvgIpc) is 2.39. The number of pyridine rings is 1. The van der Waals surface area contributed by atoms with Gasteiger partial charge in [-0.2, -0.15) is 0 Å². The second kappa shape index (κ2) is 5.91. The fraction of sp³-hybridized carbons (Fsp3) is 0.357. The smallest absolute Gasteiger partial charge is 0.0751 e. The Kier molecular flexibility index (Phi) is 4.25. The molecule has 1 unspecified atom stereocenters. The van der Waals surface area contributed by atoms with Crippen molar-refractivity contribution < 1.29 is 4.74 Å². The Hall–Kier alpha value is -1.49. The Bertz CT molecular complexity index is 508. The van der Waals surface area contributed by atoms with Crippen molar-refractivity contribution in [3.05, 3.63) is 42.1 Å². The third-order valence-electron chi connectivity index (χ3n) is 2.84. The van der Waals surface area contributed by atoms with Crippen molar-refractivity contribution in [1.82, 2.24) is 10.4 Å². The van der Waals surface area contributed by atoms with Gasteiger partial charge in [-0.25, -0.2) is 0 Å². The molecule has 4 heteroatoms. The molecule has 0 aliphatic rings. The van der Waals surface area contributed by atoms with Crippen molar-refractivity contribution in [3.8, 4) is 0 Å². The summed E-state index contributed by atoms with van der Waals surface area (Å²) in [6.45, 7) is 4.55. The SMILES string of the molecule is CC(C)OCC(NN)c1cccc2cccnc12. The van der Waals surface area contributed by atoms with E-state index in [1.807, 2.05) is 44.2 Å². The van der Waals surface area contributed by atoms with Crippen molar-refractivity contribution >= 4 is 10.9 Å². The molecule has 1 aromatic heterocycles. The Morgan fingerprint density at radius 2 is 2.06 bits per heavy atom. The van der Waals surface area contributed by atoms with Gasteiger partial charge in [-0.1, -0.05) is 24.3 Å². The molecule has 0 aliphatic heterocycles. The maximum Gasteiger partial charge on any atom is 0.0751 e. The largest absolute Gasteiger partial charge is 0.377 e. The van der Waals surface area contributed by atoms with E-state index in [-0.39, 0.29) is 12.1 Å². The minimum atomic E-state index is -0.0500. The summed E-state index contributed by atoms with van der Waals surface area (Å²) in [5.74, 6) is 5.62. The first-order valence-corrected chi connectivity index (χ1v) is 6.13. The van der Waals surface area contributed by atoms with Crippen LogP contribution in [-0.2, 0) is 4.74 Å². The normalized spacial score (nSPS) is 13.1. The van der Waals surface area contributed by atoms with E-state index in [1.54, 1.807) is 6.20 Å². The van der Waals surface area contributed by atoms with Crippen LogP contribution in [0.2, 0.25) is 0 Å². The third-order valence-corrected chi connectivity index (χ3v) is 2.84. The van der Waals surface area contributed by atoms with E-state index in [1.165, 1.54) is 0 Å². The van der Waals surface area contributed by atoms with E-state index in [0.29, 0.717) is 6.61 Å². The summed E-state index contributed by atoms with van der Waals surface area (Å²) >= 11 is 0. The topological polar surface area (TPSA) is 60.2 Å². The molecule has 0 aliphatic carbocycles. The van der Waals surface area contributed by atoms with Gasteiger partial charge in [0.15, 0.2) is 0 Å². The zero-order chi connectivity index (χ0) is 13.0. The molecule has 0 saturated carbocycles. The van der Waals surface area contributed by atoms with Crippen molar-refractivity contribution in [1.29, 1.82) is 0 Å². The number of nitrogens with one attached hydrogen (secondary N) is 1. The highest BCUT2D eigenvalue weighted by atomic mass is 16.5. The maximum absolute atomic E-state index is 5.63. The number of aromatic nitrogens is 1. The molecule has 1 atom stereocenters. The number of hydrogen-bond donors (Lipinski definition) is 2. The van der Waals surface area contributed by atoms with Crippen LogP contribution in [0.3, 0.4) is 0 Å². The predicted molar refractivity (Wildman–Crippen MR) is 72.9 cm³/mol. The predicted octanol–water partition coefficient (Wildman–Crippen LogP) is 2.16. The minimum absolute atomic E-state index is 0.0500. The van der Waals surface area contributed by atoms with Crippen molar-refractivity contribution in [2.75, 3.05) is 6.61 Å². The summed E-state index contributed by atoms with van der Waals surface area (Å²) in [4.78, 5) is 4.43. The van der Waals surface area contributed by atoms with E-state index >= 15 is 0 Å². The fourth-order valence-electron chi connectivity index (χ4n) is 1.93. The Balaban J connectivity index is 2.32. The van der Waals surface area contributed by atoms with Crippen LogP contribution in [0.25, 0.3) is 10.9 Å². The zero-order valence-corrected chi connectivity index (χ0v) is 10.8. The summed E-state index contributed by atoms with van der Waals surface area (Å²) < 4.78 is 5.63. The van der Waals surface area contributed by atoms with Crippen molar-refractivity contribution in [3.63, 3.8) is 0 Å². The quantitative estimate of drug-likeness (QED) is 0.626. The third kappa shape index (κ3) is 2.85. The lowest BCUT2D eigenvalue weighted by Crippen LogP contribution is -2.32. The van der Waals surface area contributed by atoms with Crippen molar-refractivity contribution in [2.24, 2.45) is 5.84 Å². The van der Waals surface area contributed by atoms with E-state index in [0.717, 1.165) is 16.5 Å². The number of nitrogens with two attached hydrogens (primary N) is 1. The van der Waals surface area contributed by atoms with Crippen LogP contribution in [0, 0.1) is 0 Å². The van der Waals surface area contributed by atoms with Gasteiger partial charge in [0.25, 0.3) is 0 Å². The van der Waals surface area contributed by atoms with E-state index in [2.05, 4.69) is 10.4 Å². The van der Waals surface area contributed by atoms with Gasteiger partial charge in [0, 0.05) is 11.6 Å². The molecule has 0 radical (unpaired) electrons. The van der Waals surface area contributed by atoms with Gasteiger partial charge in [0.2, 0.25) is 0 Å². The molecule has 1 heterocycles. The van der Waals surface area contributed by atoms with Crippen LogP contribution >= 0.6 is 0 Å². The molecule has 3 N–H and O–H groups in total. The Morgan fingerprint density at radius 1 is 1.28 bits per heavy atom. The van der Waals surface area contributed by atoms with Gasteiger partial charge in [0.1, 0.15) is 0 Å². The number of hydrogen-bond acceptors (Lipinski definition) is 4. The van der Waals surface area contributed by atoms with E-state index < -0.39 is 0 Å². The number of benzene rings is 1. The molecule has 0 saturated heterocycles. The van der Waals surface area contributed by atoms with Gasteiger partial charge in [-0.3, -0.25) is 16.3 Å². The van der Waals surface area contributed by atoms with E-state index in [4.69, 9.17) is 10.6 Å². The first-order chi connectivity index (χ1) is 8.72. The highest BCUT2D eigenvalue weighted by molar-refractivity contribution is 5.82. The monoisotopic (exact) mass is 245 g/mol. The molecule has 0 fully saturated rings. The summed E-state index contributed by atoms with van der Waals surface area (Å²) in [6, 6.07) is 10.0.